The fourth-order valence-corrected chi connectivity index (χ4v) is 4.85. The van der Waals surface area contributed by atoms with E-state index in [1.807, 2.05) is 0 Å². The minimum absolute atomic E-state index is 0.0664. The number of thiazole rings is 1. The molecule has 3 amide bonds. The number of carboxylic acid groups (broad SMARTS) is 1. The van der Waals surface area contributed by atoms with Crippen LogP contribution < -0.4 is 11.1 Å². The number of hydrogen-bond donors (Lipinski definition) is 4. The van der Waals surface area contributed by atoms with Crippen LogP contribution in [0.15, 0.2) is 10.5 Å². The van der Waals surface area contributed by atoms with E-state index in [1.54, 1.807) is 0 Å². The summed E-state index contributed by atoms with van der Waals surface area (Å²) in [5.74, 6) is -3.79. The molecule has 0 unspecified atom stereocenters. The fourth-order valence-electron chi connectivity index (χ4n) is 3.43. The molecule has 0 aromatic carbocycles. The number of aromatic nitrogens is 1. The van der Waals surface area contributed by atoms with Gasteiger partial charge in [0.2, 0.25) is 11.5 Å². The lowest BCUT2D eigenvalue weighted by Crippen LogP contribution is -2.75. The van der Waals surface area contributed by atoms with Crippen molar-refractivity contribution in [1.82, 2.24) is 19.5 Å². The summed E-state index contributed by atoms with van der Waals surface area (Å²) in [7, 11) is -4.96. The topological polar surface area (TPSA) is 222 Å². The van der Waals surface area contributed by atoms with E-state index in [-0.39, 0.29) is 34.0 Å². The number of nitrogens with zero attached hydrogens (tertiary/aromatic N) is 4. The lowest BCUT2D eigenvalue weighted by atomic mass is 9.96. The standard InChI is InChI=1S/C18H24N6O9S2/c1-18(2,16(28)29)33-22-12(9-8-34-17(19)20-9)14(26)21-13-10(24(15(13)27)35(30,31)32)7-23-6-4-3-5-11(23)25/h8,10,13H,3-7H2,1-2H3,(H2,19,20)(H,21,26)(H,28,29)(H,30,31,32)/t10-,13+/m1/s1. The van der Waals surface area contributed by atoms with Gasteiger partial charge in [0, 0.05) is 24.9 Å². The number of amides is 3. The zero-order valence-electron chi connectivity index (χ0n) is 18.7. The highest BCUT2D eigenvalue weighted by molar-refractivity contribution is 7.84. The van der Waals surface area contributed by atoms with Crippen LogP contribution in [0, 0.1) is 0 Å². The van der Waals surface area contributed by atoms with Gasteiger partial charge >= 0.3 is 16.3 Å². The molecule has 192 valence electrons. The molecule has 0 bridgehead atoms. The molecule has 2 aliphatic heterocycles. The molecular weight excluding hydrogens is 508 g/mol. The first kappa shape index (κ1) is 26.3. The van der Waals surface area contributed by atoms with Gasteiger partial charge in [0.1, 0.15) is 11.7 Å². The van der Waals surface area contributed by atoms with Gasteiger partial charge in [-0.3, -0.25) is 18.9 Å². The van der Waals surface area contributed by atoms with Crippen molar-refractivity contribution in [2.45, 2.75) is 50.8 Å². The van der Waals surface area contributed by atoms with Crippen LogP contribution in [0.3, 0.4) is 0 Å². The Balaban J connectivity index is 1.87. The molecule has 0 saturated carbocycles. The van der Waals surface area contributed by atoms with E-state index >= 15 is 0 Å². The second-order valence-electron chi connectivity index (χ2n) is 8.34. The minimum Gasteiger partial charge on any atom is -0.478 e. The maximum Gasteiger partial charge on any atom is 0.362 e. The van der Waals surface area contributed by atoms with Gasteiger partial charge in [0.15, 0.2) is 10.8 Å². The van der Waals surface area contributed by atoms with Gasteiger partial charge in [-0.2, -0.15) is 8.42 Å². The van der Waals surface area contributed by atoms with Crippen LogP contribution in [0.2, 0.25) is 0 Å². The molecule has 2 fully saturated rings. The molecule has 3 heterocycles. The smallest absolute Gasteiger partial charge is 0.362 e. The highest BCUT2D eigenvalue weighted by Crippen LogP contribution is 2.26. The molecule has 0 radical (unpaired) electrons. The van der Waals surface area contributed by atoms with Gasteiger partial charge < -0.3 is 25.9 Å². The van der Waals surface area contributed by atoms with Crippen LogP contribution in [0.4, 0.5) is 5.13 Å². The van der Waals surface area contributed by atoms with Crippen molar-refractivity contribution in [3.05, 3.63) is 11.1 Å². The van der Waals surface area contributed by atoms with Crippen LogP contribution in [-0.2, 0) is 34.3 Å². The average Bonchev–Trinajstić information content (AvgIpc) is 3.17. The van der Waals surface area contributed by atoms with Crippen molar-refractivity contribution < 1.29 is 42.1 Å². The van der Waals surface area contributed by atoms with Gasteiger partial charge in [-0.15, -0.1) is 11.3 Å². The number of oxime groups is 1. The zero-order valence-corrected chi connectivity index (χ0v) is 20.3. The van der Waals surface area contributed by atoms with Gasteiger partial charge in [-0.05, 0) is 26.7 Å². The van der Waals surface area contributed by atoms with Crippen LogP contribution in [-0.4, -0.2) is 92.4 Å². The molecule has 1 aromatic rings. The Morgan fingerprint density at radius 1 is 1.37 bits per heavy atom. The number of anilines is 1. The number of β-lactam (4-membered cyclic amide) rings is 1. The van der Waals surface area contributed by atoms with Crippen molar-refractivity contribution >= 4 is 56.2 Å². The molecule has 15 nitrogen and oxygen atoms in total. The predicted octanol–water partition coefficient (Wildman–Crippen LogP) is -1.18. The Hall–Kier alpha value is -3.31. The number of nitrogens with two attached hydrogens (primary N) is 1. The van der Waals surface area contributed by atoms with Gasteiger partial charge in [0.25, 0.3) is 11.8 Å². The maximum absolute atomic E-state index is 13.0. The third kappa shape index (κ3) is 5.68. The average molecular weight is 533 g/mol. The summed E-state index contributed by atoms with van der Waals surface area (Å²) in [6.45, 7) is 2.46. The van der Waals surface area contributed by atoms with E-state index < -0.39 is 51.5 Å². The third-order valence-electron chi connectivity index (χ3n) is 5.39. The number of likely N-dealkylation sites (tertiary alicyclic amines) is 1. The molecule has 2 aliphatic rings. The number of carbonyl (C=O) groups is 4. The first-order valence-corrected chi connectivity index (χ1v) is 12.6. The van der Waals surface area contributed by atoms with Crippen molar-refractivity contribution in [2.24, 2.45) is 5.16 Å². The Labute approximate surface area is 203 Å². The number of nitrogen functional groups attached to an aromatic ring is 1. The van der Waals surface area contributed by atoms with E-state index in [2.05, 4.69) is 15.5 Å². The van der Waals surface area contributed by atoms with E-state index in [0.717, 1.165) is 11.3 Å². The van der Waals surface area contributed by atoms with E-state index in [9.17, 15) is 37.3 Å². The van der Waals surface area contributed by atoms with E-state index in [0.29, 0.717) is 19.4 Å². The lowest BCUT2D eigenvalue weighted by Gasteiger charge is -2.46. The number of rotatable bonds is 9. The summed E-state index contributed by atoms with van der Waals surface area (Å²) in [6, 6.07) is -2.71. The molecule has 1 aromatic heterocycles. The summed E-state index contributed by atoms with van der Waals surface area (Å²) in [5.41, 5.74) is 3.19. The van der Waals surface area contributed by atoms with Crippen molar-refractivity contribution in [2.75, 3.05) is 18.8 Å². The lowest BCUT2D eigenvalue weighted by molar-refractivity contribution is -0.161. The third-order valence-corrected chi connectivity index (χ3v) is 7.01. The SMILES string of the molecule is CC(C)(ON=C(C(=O)N[C@@H]1C(=O)N(S(=O)(=O)O)[C@@H]1CN1CCCCC1=O)c1csc(N)n1)C(=O)O. The van der Waals surface area contributed by atoms with E-state index in [4.69, 9.17) is 10.6 Å². The number of carbonyl (C=O) groups excluding carboxylic acids is 3. The summed E-state index contributed by atoms with van der Waals surface area (Å²) in [4.78, 5) is 59.4. The minimum atomic E-state index is -4.96. The summed E-state index contributed by atoms with van der Waals surface area (Å²) >= 11 is 0.959. The van der Waals surface area contributed by atoms with Crippen LogP contribution in [0.5, 0.6) is 0 Å². The molecule has 17 heteroatoms. The van der Waals surface area contributed by atoms with Gasteiger partial charge in [-0.1, -0.05) is 5.16 Å². The highest BCUT2D eigenvalue weighted by Gasteiger charge is 2.55. The highest BCUT2D eigenvalue weighted by atomic mass is 32.2. The molecular formula is C18H24N6O9S2. The predicted molar refractivity (Wildman–Crippen MR) is 120 cm³/mol. The van der Waals surface area contributed by atoms with Gasteiger partial charge in [0.05, 0.1) is 6.04 Å². The van der Waals surface area contributed by atoms with Crippen molar-refractivity contribution in [3.63, 3.8) is 0 Å². The first-order chi connectivity index (χ1) is 16.2. The quantitative estimate of drug-likeness (QED) is 0.128. The largest absolute Gasteiger partial charge is 0.478 e. The second-order valence-corrected chi connectivity index (χ2v) is 10.5. The fraction of sp³-hybridized carbons (Fsp3) is 0.556. The molecule has 35 heavy (non-hydrogen) atoms. The Morgan fingerprint density at radius 2 is 2.06 bits per heavy atom. The van der Waals surface area contributed by atoms with Crippen molar-refractivity contribution in [3.8, 4) is 0 Å². The first-order valence-electron chi connectivity index (χ1n) is 10.3. The van der Waals surface area contributed by atoms with Crippen molar-refractivity contribution in [1.29, 1.82) is 0 Å². The van der Waals surface area contributed by atoms with Gasteiger partial charge in [-0.25, -0.2) is 14.1 Å². The second kappa shape index (κ2) is 9.74. The molecule has 0 aliphatic carbocycles. The van der Waals surface area contributed by atoms with Crippen LogP contribution in [0.1, 0.15) is 38.8 Å². The van der Waals surface area contributed by atoms with Crippen LogP contribution >= 0.6 is 11.3 Å². The number of aliphatic carboxylic acids is 1. The molecule has 5 N–H and O–H groups in total. The van der Waals surface area contributed by atoms with Crippen LogP contribution in [0.25, 0.3) is 0 Å². The van der Waals surface area contributed by atoms with E-state index in [1.165, 1.54) is 24.1 Å². The number of piperidine rings is 1. The monoisotopic (exact) mass is 532 g/mol. The Bertz CT molecular complexity index is 1180. The Morgan fingerprint density at radius 3 is 2.60 bits per heavy atom. The normalized spacial score (nSPS) is 21.5. The number of carboxylic acids is 1. The number of nitrogens with one attached hydrogen (secondary N) is 1. The summed E-state index contributed by atoms with van der Waals surface area (Å²) in [5, 5.41) is 16.6. The zero-order chi connectivity index (χ0) is 26.1. The molecule has 0 spiro atoms. The molecule has 3 rings (SSSR count). The maximum atomic E-state index is 13.0. The molecule has 2 saturated heterocycles. The Kier molecular flexibility index (Phi) is 7.32. The molecule has 2 atom stereocenters. The summed E-state index contributed by atoms with van der Waals surface area (Å²) in [6.07, 6.45) is 1.60. The summed E-state index contributed by atoms with van der Waals surface area (Å²) < 4.78 is 33.2. The number of hydrogen-bond acceptors (Lipinski definition) is 11.